The van der Waals surface area contributed by atoms with Gasteiger partial charge in [-0.05, 0) is 54.8 Å². The minimum atomic E-state index is 0.820. The van der Waals surface area contributed by atoms with Crippen LogP contribution in [0, 0.1) is 34.5 Å². The summed E-state index contributed by atoms with van der Waals surface area (Å²) in [7, 11) is 0. The Labute approximate surface area is 79.4 Å². The van der Waals surface area contributed by atoms with Crippen LogP contribution in [-0.2, 0) is 0 Å². The zero-order valence-corrected chi connectivity index (χ0v) is 8.22. The van der Waals surface area contributed by atoms with Crippen LogP contribution in [0.5, 0.6) is 0 Å². The minimum Gasteiger partial charge on any atom is -0.0810 e. The van der Waals surface area contributed by atoms with E-state index >= 15 is 0 Å². The van der Waals surface area contributed by atoms with E-state index in [-0.39, 0.29) is 0 Å². The highest BCUT2D eigenvalue weighted by Crippen LogP contribution is 2.91. The molecule has 4 bridgehead atoms. The lowest BCUT2D eigenvalue weighted by atomic mass is 9.27. The summed E-state index contributed by atoms with van der Waals surface area (Å²) in [6.07, 6.45) is 8.99. The number of allylic oxidation sites excluding steroid dienone is 2. The molecule has 5 aliphatic rings. The monoisotopic (exact) mass is 172 g/mol. The van der Waals surface area contributed by atoms with Gasteiger partial charge in [-0.25, -0.2) is 0 Å². The summed E-state index contributed by atoms with van der Waals surface area (Å²) in [4.78, 5) is 0. The Morgan fingerprint density at radius 1 is 1.46 bits per heavy atom. The van der Waals surface area contributed by atoms with E-state index in [1.54, 1.807) is 19.3 Å². The lowest BCUT2D eigenvalue weighted by Gasteiger charge is -2.77. The maximum atomic E-state index is 2.70. The van der Waals surface area contributed by atoms with Gasteiger partial charge in [0, 0.05) is 5.41 Å². The van der Waals surface area contributed by atoms with Gasteiger partial charge in [0.1, 0.15) is 0 Å². The third kappa shape index (κ3) is 0.323. The molecular formula is C13H16. The second kappa shape index (κ2) is 1.34. The van der Waals surface area contributed by atoms with E-state index in [0.717, 1.165) is 34.5 Å². The smallest absolute Gasteiger partial charge is 0.00343 e. The average molecular weight is 172 g/mol. The number of fused-ring (bicyclic) bond motifs is 2. The number of hydrogen-bond acceptors (Lipinski definition) is 0. The van der Waals surface area contributed by atoms with E-state index in [2.05, 4.69) is 13.0 Å². The molecule has 0 nitrogen and oxygen atoms in total. The predicted molar refractivity (Wildman–Crippen MR) is 51.1 cm³/mol. The van der Waals surface area contributed by atoms with Crippen molar-refractivity contribution in [1.29, 1.82) is 0 Å². The topological polar surface area (TPSA) is 0 Å². The van der Waals surface area contributed by atoms with E-state index in [1.165, 1.54) is 6.42 Å². The molecule has 4 saturated carbocycles. The van der Waals surface area contributed by atoms with Crippen LogP contribution in [0.15, 0.2) is 11.6 Å². The summed E-state index contributed by atoms with van der Waals surface area (Å²) in [6.45, 7) is 2.56. The third-order valence-corrected chi connectivity index (χ3v) is 6.79. The Morgan fingerprint density at radius 3 is 3.15 bits per heavy atom. The van der Waals surface area contributed by atoms with E-state index in [0.29, 0.717) is 0 Å². The average Bonchev–Trinajstić information content (AvgIpc) is 2.42. The van der Waals surface area contributed by atoms with Gasteiger partial charge in [0.15, 0.2) is 0 Å². The highest BCUT2D eigenvalue weighted by Gasteiger charge is 2.84. The van der Waals surface area contributed by atoms with Crippen molar-refractivity contribution in [3.8, 4) is 0 Å². The lowest BCUT2D eigenvalue weighted by molar-refractivity contribution is -0.220. The second-order valence-corrected chi connectivity index (χ2v) is 6.40. The molecule has 5 rings (SSSR count). The molecule has 6 unspecified atom stereocenters. The fraction of sp³-hybridized carbons (Fsp3) is 0.846. The van der Waals surface area contributed by atoms with Crippen LogP contribution in [-0.4, -0.2) is 0 Å². The highest BCUT2D eigenvalue weighted by atomic mass is 14.9. The fourth-order valence-corrected chi connectivity index (χ4v) is 6.69. The van der Waals surface area contributed by atoms with Gasteiger partial charge in [0.05, 0.1) is 0 Å². The molecule has 0 heterocycles. The van der Waals surface area contributed by atoms with E-state index in [9.17, 15) is 0 Å². The van der Waals surface area contributed by atoms with Crippen molar-refractivity contribution in [2.75, 3.05) is 0 Å². The molecule has 0 aromatic carbocycles. The quantitative estimate of drug-likeness (QED) is 0.493. The first-order chi connectivity index (χ1) is 6.30. The standard InChI is InChI=1S/C13H16/c1-7-10-4-8-5-12-3-2-9(10)11(6-12)13(7,8)12/h4,7,9-11H,2-3,5-6H2,1H3. The first-order valence-corrected chi connectivity index (χ1v) is 6.01. The molecule has 0 aromatic heterocycles. The molecule has 13 heavy (non-hydrogen) atoms. The van der Waals surface area contributed by atoms with Crippen LogP contribution >= 0.6 is 0 Å². The maximum Gasteiger partial charge on any atom is 0.00343 e. The van der Waals surface area contributed by atoms with Gasteiger partial charge < -0.3 is 0 Å². The van der Waals surface area contributed by atoms with E-state index in [4.69, 9.17) is 0 Å². The molecule has 68 valence electrons. The molecule has 6 atom stereocenters. The largest absolute Gasteiger partial charge is 0.0810 e. The van der Waals surface area contributed by atoms with Gasteiger partial charge >= 0.3 is 0 Å². The predicted octanol–water partition coefficient (Wildman–Crippen LogP) is 3.00. The van der Waals surface area contributed by atoms with Gasteiger partial charge in [-0.15, -0.1) is 0 Å². The molecule has 0 aromatic rings. The molecule has 4 fully saturated rings. The summed E-state index contributed by atoms with van der Waals surface area (Å²) in [5.74, 6) is 4.35. The van der Waals surface area contributed by atoms with Crippen molar-refractivity contribution >= 4 is 0 Å². The molecule has 0 aliphatic heterocycles. The first kappa shape index (κ1) is 6.27. The van der Waals surface area contributed by atoms with Crippen LogP contribution in [0.3, 0.4) is 0 Å². The van der Waals surface area contributed by atoms with Gasteiger partial charge in [-0.2, -0.15) is 0 Å². The molecule has 2 spiro atoms. The van der Waals surface area contributed by atoms with Crippen molar-refractivity contribution in [3.63, 3.8) is 0 Å². The molecule has 0 radical (unpaired) electrons. The van der Waals surface area contributed by atoms with Gasteiger partial charge in [-0.1, -0.05) is 18.6 Å². The van der Waals surface area contributed by atoms with Gasteiger partial charge in [0.2, 0.25) is 0 Å². The first-order valence-electron chi connectivity index (χ1n) is 6.01. The van der Waals surface area contributed by atoms with Crippen molar-refractivity contribution in [2.24, 2.45) is 34.5 Å². The zero-order chi connectivity index (χ0) is 8.42. The fourth-order valence-electron chi connectivity index (χ4n) is 6.69. The Bertz CT molecular complexity index is 362. The van der Waals surface area contributed by atoms with Crippen LogP contribution in [0.25, 0.3) is 0 Å². The summed E-state index contributed by atoms with van der Waals surface area (Å²) in [5.41, 5.74) is 3.60. The Balaban J connectivity index is 1.90. The molecule has 0 heteroatoms. The summed E-state index contributed by atoms with van der Waals surface area (Å²) >= 11 is 0. The van der Waals surface area contributed by atoms with E-state index < -0.39 is 0 Å². The van der Waals surface area contributed by atoms with Crippen LogP contribution in [0.2, 0.25) is 0 Å². The van der Waals surface area contributed by atoms with Crippen molar-refractivity contribution in [1.82, 2.24) is 0 Å². The van der Waals surface area contributed by atoms with Gasteiger partial charge in [0.25, 0.3) is 0 Å². The molecule has 0 amide bonds. The van der Waals surface area contributed by atoms with Crippen LogP contribution in [0.1, 0.15) is 32.6 Å². The Morgan fingerprint density at radius 2 is 2.38 bits per heavy atom. The molecule has 0 saturated heterocycles. The third-order valence-electron chi connectivity index (χ3n) is 6.79. The molecular weight excluding hydrogens is 156 g/mol. The molecule has 0 N–H and O–H groups in total. The summed E-state index contributed by atoms with van der Waals surface area (Å²) in [5, 5.41) is 0. The second-order valence-electron chi connectivity index (χ2n) is 6.40. The molecule has 5 aliphatic carbocycles. The number of hydrogen-bond donors (Lipinski definition) is 0. The number of rotatable bonds is 0. The van der Waals surface area contributed by atoms with Crippen molar-refractivity contribution in [3.05, 3.63) is 11.6 Å². The van der Waals surface area contributed by atoms with Crippen LogP contribution < -0.4 is 0 Å². The van der Waals surface area contributed by atoms with E-state index in [1.807, 2.05) is 5.57 Å². The summed E-state index contributed by atoms with van der Waals surface area (Å²) in [6, 6.07) is 0. The van der Waals surface area contributed by atoms with Crippen molar-refractivity contribution < 1.29 is 0 Å². The van der Waals surface area contributed by atoms with Crippen molar-refractivity contribution in [2.45, 2.75) is 32.6 Å². The summed E-state index contributed by atoms with van der Waals surface area (Å²) < 4.78 is 0. The Hall–Kier alpha value is -0.260. The normalized spacial score (nSPS) is 74.4. The maximum absolute atomic E-state index is 2.70. The van der Waals surface area contributed by atoms with Gasteiger partial charge in [-0.3, -0.25) is 0 Å². The van der Waals surface area contributed by atoms with Crippen LogP contribution in [0.4, 0.5) is 0 Å². The lowest BCUT2D eigenvalue weighted by Crippen LogP contribution is -2.69. The Kier molecular flexibility index (Phi) is 0.648. The minimum absolute atomic E-state index is 0.820. The zero-order valence-electron chi connectivity index (χ0n) is 8.22. The highest BCUT2D eigenvalue weighted by molar-refractivity contribution is 5.51. The SMILES string of the molecule is CC1C2C=C3CC45CCC2C(C4)C315.